The van der Waals surface area contributed by atoms with Gasteiger partial charge >= 0.3 is 0 Å². The Labute approximate surface area is 126 Å². The van der Waals surface area contributed by atoms with Gasteiger partial charge in [-0.25, -0.2) is 4.98 Å². The highest BCUT2D eigenvalue weighted by Crippen LogP contribution is 2.44. The molecule has 1 aliphatic carbocycles. The largest absolute Gasteiger partial charge is 0.319 e. The predicted octanol–water partition coefficient (Wildman–Crippen LogP) is 4.21. The van der Waals surface area contributed by atoms with Crippen LogP contribution >= 0.6 is 27.3 Å². The average molecular weight is 337 g/mol. The van der Waals surface area contributed by atoms with Crippen LogP contribution in [0.15, 0.2) is 34.1 Å². The first kappa shape index (κ1) is 13.3. The second-order valence-electron chi connectivity index (χ2n) is 5.21. The Kier molecular flexibility index (Phi) is 3.74. The predicted molar refractivity (Wildman–Crippen MR) is 84.7 cm³/mol. The lowest BCUT2D eigenvalue weighted by molar-refractivity contribution is 0.233. The molecule has 1 aromatic heterocycles. The van der Waals surface area contributed by atoms with Gasteiger partial charge in [-0.05, 0) is 32.0 Å². The SMILES string of the molecule is CNCC1(c2csc(-c3ccc(Br)cc3)n2)CCC1. The molecule has 0 bridgehead atoms. The van der Waals surface area contributed by atoms with E-state index >= 15 is 0 Å². The van der Waals surface area contributed by atoms with Crippen molar-refractivity contribution < 1.29 is 0 Å². The van der Waals surface area contributed by atoms with Gasteiger partial charge in [-0.15, -0.1) is 11.3 Å². The fourth-order valence-corrected chi connectivity index (χ4v) is 3.92. The van der Waals surface area contributed by atoms with Gasteiger partial charge in [-0.2, -0.15) is 0 Å². The Morgan fingerprint density at radius 3 is 2.63 bits per heavy atom. The van der Waals surface area contributed by atoms with Crippen molar-refractivity contribution in [1.82, 2.24) is 10.3 Å². The number of thiazole rings is 1. The van der Waals surface area contributed by atoms with E-state index in [0.29, 0.717) is 5.41 Å². The van der Waals surface area contributed by atoms with Crippen LogP contribution in [0.5, 0.6) is 0 Å². The molecule has 0 unspecified atom stereocenters. The third kappa shape index (κ3) is 2.49. The Morgan fingerprint density at radius 1 is 1.32 bits per heavy atom. The molecule has 0 saturated heterocycles. The molecule has 0 radical (unpaired) electrons. The lowest BCUT2D eigenvalue weighted by atomic mass is 9.67. The quantitative estimate of drug-likeness (QED) is 0.904. The number of hydrogen-bond donors (Lipinski definition) is 1. The van der Waals surface area contributed by atoms with Gasteiger partial charge in [0.05, 0.1) is 5.69 Å². The maximum absolute atomic E-state index is 4.89. The Hall–Kier alpha value is -0.710. The van der Waals surface area contributed by atoms with Crippen LogP contribution in [0, 0.1) is 0 Å². The van der Waals surface area contributed by atoms with E-state index in [1.54, 1.807) is 11.3 Å². The molecule has 100 valence electrons. The smallest absolute Gasteiger partial charge is 0.123 e. The van der Waals surface area contributed by atoms with E-state index < -0.39 is 0 Å². The van der Waals surface area contributed by atoms with Crippen molar-refractivity contribution >= 4 is 27.3 Å². The molecular formula is C15H17BrN2S. The molecule has 0 spiro atoms. The Morgan fingerprint density at radius 2 is 2.05 bits per heavy atom. The molecule has 1 fully saturated rings. The van der Waals surface area contributed by atoms with E-state index in [0.717, 1.165) is 16.0 Å². The highest BCUT2D eigenvalue weighted by molar-refractivity contribution is 9.10. The molecule has 1 aromatic carbocycles. The third-order valence-corrected chi connectivity index (χ3v) is 5.38. The molecule has 0 atom stereocenters. The van der Waals surface area contributed by atoms with E-state index in [9.17, 15) is 0 Å². The van der Waals surface area contributed by atoms with E-state index in [1.807, 2.05) is 7.05 Å². The molecule has 1 heterocycles. The number of likely N-dealkylation sites (N-methyl/N-ethyl adjacent to an activating group) is 1. The Balaban J connectivity index is 1.88. The minimum atomic E-state index is 0.291. The van der Waals surface area contributed by atoms with Crippen molar-refractivity contribution in [3.8, 4) is 10.6 Å². The van der Waals surface area contributed by atoms with Gasteiger partial charge in [-0.3, -0.25) is 0 Å². The molecule has 2 aromatic rings. The van der Waals surface area contributed by atoms with E-state index in [1.165, 1.54) is 30.5 Å². The second kappa shape index (κ2) is 5.35. The zero-order valence-electron chi connectivity index (χ0n) is 10.9. The van der Waals surface area contributed by atoms with Crippen LogP contribution < -0.4 is 5.32 Å². The lowest BCUT2D eigenvalue weighted by Crippen LogP contribution is -2.43. The Bertz CT molecular complexity index is 558. The molecule has 2 nitrogen and oxygen atoms in total. The van der Waals surface area contributed by atoms with E-state index in [4.69, 9.17) is 4.98 Å². The van der Waals surface area contributed by atoms with Crippen molar-refractivity contribution in [2.75, 3.05) is 13.6 Å². The van der Waals surface area contributed by atoms with Gasteiger partial charge < -0.3 is 5.32 Å². The van der Waals surface area contributed by atoms with E-state index in [2.05, 4.69) is 50.9 Å². The van der Waals surface area contributed by atoms with Crippen molar-refractivity contribution in [2.45, 2.75) is 24.7 Å². The fraction of sp³-hybridized carbons (Fsp3) is 0.400. The number of aromatic nitrogens is 1. The summed E-state index contributed by atoms with van der Waals surface area (Å²) < 4.78 is 1.11. The molecule has 0 aliphatic heterocycles. The van der Waals surface area contributed by atoms with Crippen LogP contribution in [-0.4, -0.2) is 18.6 Å². The van der Waals surface area contributed by atoms with Gasteiger partial charge in [0.1, 0.15) is 5.01 Å². The maximum Gasteiger partial charge on any atom is 0.123 e. The molecular weight excluding hydrogens is 320 g/mol. The van der Waals surface area contributed by atoms with Gasteiger partial charge in [0.2, 0.25) is 0 Å². The van der Waals surface area contributed by atoms with Gasteiger partial charge in [-0.1, -0.05) is 34.5 Å². The third-order valence-electron chi connectivity index (χ3n) is 3.96. The second-order valence-corrected chi connectivity index (χ2v) is 6.98. The number of nitrogens with zero attached hydrogens (tertiary/aromatic N) is 1. The fourth-order valence-electron chi connectivity index (χ4n) is 2.71. The normalized spacial score (nSPS) is 17.2. The van der Waals surface area contributed by atoms with Crippen LogP contribution in [0.1, 0.15) is 25.0 Å². The summed E-state index contributed by atoms with van der Waals surface area (Å²) in [5, 5.41) is 6.70. The van der Waals surface area contributed by atoms with E-state index in [-0.39, 0.29) is 0 Å². The van der Waals surface area contributed by atoms with Gasteiger partial charge in [0.15, 0.2) is 0 Å². The highest BCUT2D eigenvalue weighted by Gasteiger charge is 2.40. The molecule has 3 rings (SSSR count). The lowest BCUT2D eigenvalue weighted by Gasteiger charge is -2.40. The topological polar surface area (TPSA) is 24.9 Å². The number of hydrogen-bond acceptors (Lipinski definition) is 3. The summed E-state index contributed by atoms with van der Waals surface area (Å²) in [5.74, 6) is 0. The van der Waals surface area contributed by atoms with Gasteiger partial charge in [0.25, 0.3) is 0 Å². The molecule has 1 saturated carbocycles. The van der Waals surface area contributed by atoms with Crippen molar-refractivity contribution in [3.63, 3.8) is 0 Å². The van der Waals surface area contributed by atoms with Crippen molar-refractivity contribution in [2.24, 2.45) is 0 Å². The van der Waals surface area contributed by atoms with Crippen LogP contribution in [0.3, 0.4) is 0 Å². The number of benzene rings is 1. The van der Waals surface area contributed by atoms with Gasteiger partial charge in [0, 0.05) is 27.4 Å². The first-order valence-corrected chi connectivity index (χ1v) is 8.27. The van der Waals surface area contributed by atoms with Crippen LogP contribution in [0.4, 0.5) is 0 Å². The van der Waals surface area contributed by atoms with Crippen LogP contribution in [0.2, 0.25) is 0 Å². The first-order chi connectivity index (χ1) is 9.23. The standard InChI is InChI=1S/C15H17BrN2S/c1-17-10-15(7-2-8-15)13-9-19-14(18-13)11-3-5-12(16)6-4-11/h3-6,9,17H,2,7-8,10H2,1H3. The summed E-state index contributed by atoms with van der Waals surface area (Å²) in [6.45, 7) is 1.04. The summed E-state index contributed by atoms with van der Waals surface area (Å²) >= 11 is 5.23. The highest BCUT2D eigenvalue weighted by atomic mass is 79.9. The molecule has 1 aliphatic rings. The molecule has 4 heteroatoms. The monoisotopic (exact) mass is 336 g/mol. The summed E-state index contributed by atoms with van der Waals surface area (Å²) in [4.78, 5) is 4.89. The number of rotatable bonds is 4. The molecule has 0 amide bonds. The average Bonchev–Trinajstić information content (AvgIpc) is 2.84. The minimum Gasteiger partial charge on any atom is -0.319 e. The first-order valence-electron chi connectivity index (χ1n) is 6.60. The van der Waals surface area contributed by atoms with Crippen molar-refractivity contribution in [1.29, 1.82) is 0 Å². The summed E-state index contributed by atoms with van der Waals surface area (Å²) in [6, 6.07) is 8.39. The van der Waals surface area contributed by atoms with Crippen LogP contribution in [0.25, 0.3) is 10.6 Å². The molecule has 1 N–H and O–H groups in total. The zero-order valence-corrected chi connectivity index (χ0v) is 13.4. The number of halogens is 1. The summed E-state index contributed by atoms with van der Waals surface area (Å²) in [6.07, 6.45) is 3.85. The summed E-state index contributed by atoms with van der Waals surface area (Å²) in [7, 11) is 2.03. The van der Waals surface area contributed by atoms with Crippen LogP contribution in [-0.2, 0) is 5.41 Å². The zero-order chi connectivity index (χ0) is 13.3. The minimum absolute atomic E-state index is 0.291. The number of nitrogens with one attached hydrogen (secondary N) is 1. The van der Waals surface area contributed by atoms with Crippen molar-refractivity contribution in [3.05, 3.63) is 39.8 Å². The maximum atomic E-state index is 4.89. The summed E-state index contributed by atoms with van der Waals surface area (Å²) in [5.41, 5.74) is 2.77. The molecule has 19 heavy (non-hydrogen) atoms.